The van der Waals surface area contributed by atoms with Gasteiger partial charge in [0.15, 0.2) is 5.13 Å². The van der Waals surface area contributed by atoms with Crippen molar-refractivity contribution < 1.29 is 9.59 Å². The second kappa shape index (κ2) is 3.85. The van der Waals surface area contributed by atoms with Crippen LogP contribution in [0.15, 0.2) is 6.20 Å². The first-order valence-electron chi connectivity index (χ1n) is 4.46. The topological polar surface area (TPSA) is 97.1 Å². The Hall–Kier alpha value is -1.63. The predicted octanol–water partition coefficient (Wildman–Crippen LogP) is -0.0576. The van der Waals surface area contributed by atoms with Gasteiger partial charge in [-0.25, -0.2) is 4.98 Å². The Morgan fingerprint density at radius 2 is 2.40 bits per heavy atom. The average molecular weight is 226 g/mol. The minimum Gasteiger partial charge on any atom is -0.389 e. The summed E-state index contributed by atoms with van der Waals surface area (Å²) in [7, 11) is 0. The van der Waals surface area contributed by atoms with E-state index in [1.165, 1.54) is 17.5 Å². The lowest BCUT2D eigenvalue weighted by Crippen LogP contribution is -2.47. The molecule has 1 aliphatic heterocycles. The van der Waals surface area contributed by atoms with Crippen LogP contribution in [0.3, 0.4) is 0 Å². The molecule has 0 spiro atoms. The minimum atomic E-state index is -0.395. The number of carbonyl (C=O) groups is 2. The van der Waals surface area contributed by atoms with Crippen molar-refractivity contribution in [2.24, 2.45) is 0 Å². The van der Waals surface area contributed by atoms with E-state index in [0.717, 1.165) is 0 Å². The number of anilines is 2. The number of nitrogen functional groups attached to an aromatic ring is 1. The quantitative estimate of drug-likeness (QED) is 0.614. The highest BCUT2D eigenvalue weighted by Gasteiger charge is 2.26. The van der Waals surface area contributed by atoms with Crippen LogP contribution in [0.4, 0.5) is 10.1 Å². The Kier molecular flexibility index (Phi) is 2.55. The number of aromatic nitrogens is 1. The van der Waals surface area contributed by atoms with Gasteiger partial charge >= 0.3 is 0 Å². The van der Waals surface area contributed by atoms with Crippen molar-refractivity contribution in [2.45, 2.75) is 18.9 Å². The number of hydrogen-bond acceptors (Lipinski definition) is 6. The van der Waals surface area contributed by atoms with Crippen LogP contribution in [-0.4, -0.2) is 22.8 Å². The summed E-state index contributed by atoms with van der Waals surface area (Å²) >= 11 is 1.27. The van der Waals surface area contributed by atoms with Gasteiger partial charge in [-0.15, -0.1) is 0 Å². The molecule has 1 aromatic rings. The summed E-state index contributed by atoms with van der Waals surface area (Å²) in [5.41, 5.74) is 5.50. The Labute approximate surface area is 89.9 Å². The van der Waals surface area contributed by atoms with Gasteiger partial charge in [0.1, 0.15) is 11.0 Å². The molecule has 7 heteroatoms. The highest BCUT2D eigenvalue weighted by Crippen LogP contribution is 2.21. The van der Waals surface area contributed by atoms with Crippen LogP contribution in [-0.2, 0) is 9.59 Å². The van der Waals surface area contributed by atoms with Crippen LogP contribution < -0.4 is 16.4 Å². The molecule has 6 nitrogen and oxygen atoms in total. The SMILES string of the molecule is Nc1cnc(NC2CCC(=O)NC2=O)s1. The van der Waals surface area contributed by atoms with Gasteiger partial charge in [-0.2, -0.15) is 0 Å². The molecule has 1 aliphatic rings. The molecule has 1 atom stereocenters. The highest BCUT2D eigenvalue weighted by atomic mass is 32.1. The van der Waals surface area contributed by atoms with Crippen LogP contribution in [0.25, 0.3) is 0 Å². The normalized spacial score (nSPS) is 21.2. The van der Waals surface area contributed by atoms with Gasteiger partial charge in [0.25, 0.3) is 0 Å². The predicted molar refractivity (Wildman–Crippen MR) is 56.3 cm³/mol. The summed E-state index contributed by atoms with van der Waals surface area (Å²) in [5, 5.41) is 6.38. The first-order chi connectivity index (χ1) is 7.15. The molecule has 2 rings (SSSR count). The maximum Gasteiger partial charge on any atom is 0.249 e. The number of amides is 2. The molecule has 2 amide bonds. The summed E-state index contributed by atoms with van der Waals surface area (Å²) in [6, 6.07) is -0.395. The van der Waals surface area contributed by atoms with Gasteiger partial charge in [-0.3, -0.25) is 14.9 Å². The number of rotatable bonds is 2. The monoisotopic (exact) mass is 226 g/mol. The van der Waals surface area contributed by atoms with Crippen molar-refractivity contribution in [2.75, 3.05) is 11.1 Å². The van der Waals surface area contributed by atoms with E-state index in [0.29, 0.717) is 23.0 Å². The summed E-state index contributed by atoms with van der Waals surface area (Å²) < 4.78 is 0. The molecule has 4 N–H and O–H groups in total. The lowest BCUT2D eigenvalue weighted by atomic mass is 10.1. The first-order valence-corrected chi connectivity index (χ1v) is 5.28. The molecule has 0 radical (unpaired) electrons. The zero-order valence-corrected chi connectivity index (χ0v) is 8.63. The second-order valence-electron chi connectivity index (χ2n) is 3.22. The van der Waals surface area contributed by atoms with E-state index in [1.54, 1.807) is 0 Å². The standard InChI is InChI=1S/C8H10N4O2S/c9-5-3-10-8(15-5)11-4-1-2-6(13)12-7(4)14/h3-4H,1-2,9H2,(H,10,11)(H,12,13,14). The number of carbonyl (C=O) groups excluding carboxylic acids is 2. The van der Waals surface area contributed by atoms with E-state index in [2.05, 4.69) is 15.6 Å². The van der Waals surface area contributed by atoms with Gasteiger partial charge < -0.3 is 11.1 Å². The van der Waals surface area contributed by atoms with Crippen molar-refractivity contribution in [3.05, 3.63) is 6.20 Å². The van der Waals surface area contributed by atoms with Crippen molar-refractivity contribution >= 4 is 33.3 Å². The number of thiazole rings is 1. The van der Waals surface area contributed by atoms with Gasteiger partial charge in [-0.05, 0) is 6.42 Å². The molecule has 0 aromatic carbocycles. The van der Waals surface area contributed by atoms with E-state index in [9.17, 15) is 9.59 Å². The van der Waals surface area contributed by atoms with E-state index < -0.39 is 6.04 Å². The van der Waals surface area contributed by atoms with Crippen LogP contribution in [0.1, 0.15) is 12.8 Å². The third-order valence-corrected chi connectivity index (χ3v) is 2.82. The summed E-state index contributed by atoms with van der Waals surface area (Å²) in [6.07, 6.45) is 2.37. The fourth-order valence-corrected chi connectivity index (χ4v) is 1.97. The lowest BCUT2D eigenvalue weighted by Gasteiger charge is -2.21. The largest absolute Gasteiger partial charge is 0.389 e. The van der Waals surface area contributed by atoms with Crippen molar-refractivity contribution in [1.29, 1.82) is 0 Å². The Morgan fingerprint density at radius 3 is 3.00 bits per heavy atom. The molecule has 15 heavy (non-hydrogen) atoms. The van der Waals surface area contributed by atoms with Crippen LogP contribution in [0.5, 0.6) is 0 Å². The van der Waals surface area contributed by atoms with Gasteiger partial charge in [0.05, 0.1) is 6.20 Å². The van der Waals surface area contributed by atoms with Crippen molar-refractivity contribution in [3.63, 3.8) is 0 Å². The maximum atomic E-state index is 11.4. The van der Waals surface area contributed by atoms with Crippen LogP contribution in [0.2, 0.25) is 0 Å². The minimum absolute atomic E-state index is 0.225. The summed E-state index contributed by atoms with van der Waals surface area (Å²) in [5.74, 6) is -0.531. The number of nitrogens with two attached hydrogens (primary N) is 1. The third kappa shape index (κ3) is 2.24. The number of piperidine rings is 1. The Bertz CT molecular complexity index is 403. The van der Waals surface area contributed by atoms with Crippen LogP contribution >= 0.6 is 11.3 Å². The van der Waals surface area contributed by atoms with Gasteiger partial charge in [-0.1, -0.05) is 11.3 Å². The Morgan fingerprint density at radius 1 is 1.60 bits per heavy atom. The molecule has 2 heterocycles. The zero-order valence-electron chi connectivity index (χ0n) is 7.82. The molecular formula is C8H10N4O2S. The summed E-state index contributed by atoms with van der Waals surface area (Å²) in [4.78, 5) is 26.2. The molecule has 1 fully saturated rings. The molecule has 1 aromatic heterocycles. The van der Waals surface area contributed by atoms with Crippen molar-refractivity contribution in [3.8, 4) is 0 Å². The Balaban J connectivity index is 2.00. The van der Waals surface area contributed by atoms with Gasteiger partial charge in [0, 0.05) is 6.42 Å². The fourth-order valence-electron chi connectivity index (χ4n) is 1.33. The smallest absolute Gasteiger partial charge is 0.249 e. The molecule has 0 saturated carbocycles. The molecular weight excluding hydrogens is 216 g/mol. The second-order valence-corrected chi connectivity index (χ2v) is 4.28. The average Bonchev–Trinajstić information content (AvgIpc) is 2.56. The van der Waals surface area contributed by atoms with Gasteiger partial charge in [0.2, 0.25) is 11.8 Å². The number of nitrogens with one attached hydrogen (secondary N) is 2. The van der Waals surface area contributed by atoms with E-state index in [1.807, 2.05) is 0 Å². The number of imide groups is 1. The highest BCUT2D eigenvalue weighted by molar-refractivity contribution is 7.19. The van der Waals surface area contributed by atoms with Crippen LogP contribution in [0, 0.1) is 0 Å². The van der Waals surface area contributed by atoms with Crippen molar-refractivity contribution in [1.82, 2.24) is 10.3 Å². The zero-order chi connectivity index (χ0) is 10.8. The molecule has 1 unspecified atom stereocenters. The summed E-state index contributed by atoms with van der Waals surface area (Å²) in [6.45, 7) is 0. The fraction of sp³-hybridized carbons (Fsp3) is 0.375. The first kappa shape index (κ1) is 9.91. The molecule has 0 bridgehead atoms. The van der Waals surface area contributed by atoms with E-state index in [4.69, 9.17) is 5.73 Å². The third-order valence-electron chi connectivity index (χ3n) is 2.06. The molecule has 80 valence electrons. The lowest BCUT2D eigenvalue weighted by molar-refractivity contribution is -0.133. The number of hydrogen-bond donors (Lipinski definition) is 3. The maximum absolute atomic E-state index is 11.4. The molecule has 0 aliphatic carbocycles. The molecule has 1 saturated heterocycles. The number of nitrogens with zero attached hydrogens (tertiary/aromatic N) is 1. The van der Waals surface area contributed by atoms with E-state index >= 15 is 0 Å². The van der Waals surface area contributed by atoms with E-state index in [-0.39, 0.29) is 11.8 Å².